The molecule has 0 N–H and O–H groups in total. The zero-order valence-electron chi connectivity index (χ0n) is 17.1. The molecule has 2 aromatic carbocycles. The standard InChI is InChI=1S/C23H21FN2O5/c1-13(2)20(21-25-18-11-19(27)30-23(18,12-24)31-21)29-22(28)26-16-9-5-3-7-14(16)15-8-4-6-10-17(15)26/h3-10,13,18,20H,11-12H2,1-2H3/t18?,20-,23-/m0/s1. The summed E-state index contributed by atoms with van der Waals surface area (Å²) in [5.41, 5.74) is 1.44. The van der Waals surface area contributed by atoms with Crippen LogP contribution in [0.2, 0.25) is 0 Å². The number of nitrogens with zero attached hydrogens (tertiary/aromatic N) is 2. The fourth-order valence-electron chi connectivity index (χ4n) is 4.23. The molecule has 3 aromatic rings. The van der Waals surface area contributed by atoms with Gasteiger partial charge < -0.3 is 14.2 Å². The van der Waals surface area contributed by atoms with Crippen LogP contribution in [0.5, 0.6) is 0 Å². The van der Waals surface area contributed by atoms with Gasteiger partial charge in [0.2, 0.25) is 5.90 Å². The Morgan fingerprint density at radius 2 is 1.77 bits per heavy atom. The Balaban J connectivity index is 1.51. The number of alkyl halides is 1. The van der Waals surface area contributed by atoms with Gasteiger partial charge in [-0.1, -0.05) is 50.2 Å². The van der Waals surface area contributed by atoms with E-state index in [-0.39, 0.29) is 18.2 Å². The molecule has 7 nitrogen and oxygen atoms in total. The molecule has 0 amide bonds. The van der Waals surface area contributed by atoms with Crippen molar-refractivity contribution in [2.45, 2.75) is 38.2 Å². The van der Waals surface area contributed by atoms with Crippen LogP contribution in [0, 0.1) is 5.92 Å². The molecule has 2 aliphatic heterocycles. The lowest BCUT2D eigenvalue weighted by Crippen LogP contribution is -2.43. The number of carbonyl (C=O) groups excluding carboxylic acids is 2. The highest BCUT2D eigenvalue weighted by Gasteiger charge is 2.58. The molecule has 0 saturated carbocycles. The van der Waals surface area contributed by atoms with E-state index >= 15 is 0 Å². The maximum Gasteiger partial charge on any atom is 0.419 e. The van der Waals surface area contributed by atoms with E-state index in [9.17, 15) is 14.0 Å². The van der Waals surface area contributed by atoms with Gasteiger partial charge in [0, 0.05) is 10.8 Å². The Bertz CT molecular complexity index is 1180. The predicted molar refractivity (Wildman–Crippen MR) is 112 cm³/mol. The number of rotatable bonds is 4. The number of aliphatic imine (C=N–C) groups is 1. The minimum Gasteiger partial charge on any atom is -0.435 e. The minimum absolute atomic E-state index is 0.0688. The van der Waals surface area contributed by atoms with E-state index in [0.717, 1.165) is 21.8 Å². The molecule has 1 aromatic heterocycles. The highest BCUT2D eigenvalue weighted by molar-refractivity contribution is 6.12. The molecule has 1 unspecified atom stereocenters. The van der Waals surface area contributed by atoms with E-state index < -0.39 is 36.7 Å². The quantitative estimate of drug-likeness (QED) is 0.586. The van der Waals surface area contributed by atoms with Crippen molar-refractivity contribution >= 4 is 39.8 Å². The van der Waals surface area contributed by atoms with Crippen molar-refractivity contribution in [3.8, 4) is 0 Å². The Morgan fingerprint density at radius 3 is 2.32 bits per heavy atom. The van der Waals surface area contributed by atoms with Crippen molar-refractivity contribution in [2.75, 3.05) is 6.67 Å². The number of ether oxygens (including phenoxy) is 3. The number of fused-ring (bicyclic) bond motifs is 4. The summed E-state index contributed by atoms with van der Waals surface area (Å²) in [4.78, 5) is 29.3. The number of esters is 1. The summed E-state index contributed by atoms with van der Waals surface area (Å²) in [5, 5.41) is 1.87. The van der Waals surface area contributed by atoms with Gasteiger partial charge in [0.15, 0.2) is 12.8 Å². The Labute approximate surface area is 177 Å². The zero-order valence-corrected chi connectivity index (χ0v) is 17.1. The van der Waals surface area contributed by atoms with Crippen LogP contribution in [0.15, 0.2) is 53.5 Å². The SMILES string of the molecule is CC(C)[C@H](OC(=O)n1c2ccccc2c2ccccc21)C1=NC2CC(=O)O[C@@]2(CF)O1. The van der Waals surface area contributed by atoms with Crippen LogP contribution in [0.25, 0.3) is 21.8 Å². The predicted octanol–water partition coefficient (Wildman–Crippen LogP) is 4.21. The summed E-state index contributed by atoms with van der Waals surface area (Å²) in [6, 6.07) is 14.4. The van der Waals surface area contributed by atoms with Crippen molar-refractivity contribution in [3.63, 3.8) is 0 Å². The van der Waals surface area contributed by atoms with Crippen molar-refractivity contribution in [2.24, 2.45) is 10.9 Å². The third-order valence-corrected chi connectivity index (χ3v) is 5.74. The molecule has 0 radical (unpaired) electrons. The van der Waals surface area contributed by atoms with Crippen LogP contribution < -0.4 is 0 Å². The number of carbonyl (C=O) groups is 2. The van der Waals surface area contributed by atoms with Crippen molar-refractivity contribution in [3.05, 3.63) is 48.5 Å². The minimum atomic E-state index is -1.75. The summed E-state index contributed by atoms with van der Waals surface area (Å²) in [6.07, 6.45) is -1.52. The first kappa shape index (κ1) is 19.5. The number of para-hydroxylation sites is 2. The molecule has 3 atom stereocenters. The third kappa shape index (κ3) is 2.97. The summed E-state index contributed by atoms with van der Waals surface area (Å²) >= 11 is 0. The van der Waals surface area contributed by atoms with Gasteiger partial charge in [-0.05, 0) is 18.1 Å². The van der Waals surface area contributed by atoms with E-state index in [4.69, 9.17) is 14.2 Å². The molecule has 3 heterocycles. The molecule has 0 spiro atoms. The van der Waals surface area contributed by atoms with Gasteiger partial charge in [0.05, 0.1) is 17.5 Å². The molecule has 2 aliphatic rings. The molecule has 31 heavy (non-hydrogen) atoms. The maximum atomic E-state index is 13.7. The largest absolute Gasteiger partial charge is 0.435 e. The topological polar surface area (TPSA) is 79.1 Å². The summed E-state index contributed by atoms with van der Waals surface area (Å²) in [6.45, 7) is 2.66. The number of hydrogen-bond acceptors (Lipinski definition) is 6. The monoisotopic (exact) mass is 424 g/mol. The van der Waals surface area contributed by atoms with Gasteiger partial charge in [-0.2, -0.15) is 0 Å². The number of halogens is 1. The second-order valence-corrected chi connectivity index (χ2v) is 8.13. The molecule has 1 saturated heterocycles. The molecule has 1 fully saturated rings. The second kappa shape index (κ2) is 7.08. The van der Waals surface area contributed by atoms with Gasteiger partial charge in [0.1, 0.15) is 6.04 Å². The summed E-state index contributed by atoms with van der Waals surface area (Å²) < 4.78 is 31.8. The van der Waals surface area contributed by atoms with E-state index in [2.05, 4.69) is 4.99 Å². The van der Waals surface area contributed by atoms with Gasteiger partial charge in [-0.25, -0.2) is 18.7 Å². The first-order valence-electron chi connectivity index (χ1n) is 10.2. The normalized spacial score (nSPS) is 23.5. The van der Waals surface area contributed by atoms with Gasteiger partial charge in [0.25, 0.3) is 0 Å². The van der Waals surface area contributed by atoms with Crippen LogP contribution in [-0.4, -0.2) is 47.1 Å². The van der Waals surface area contributed by atoms with E-state index in [0.29, 0.717) is 0 Å². The second-order valence-electron chi connectivity index (χ2n) is 8.13. The van der Waals surface area contributed by atoms with Crippen molar-refractivity contribution in [1.29, 1.82) is 0 Å². The summed E-state index contributed by atoms with van der Waals surface area (Å²) in [7, 11) is 0. The Morgan fingerprint density at radius 1 is 1.16 bits per heavy atom. The fraction of sp³-hybridized carbons (Fsp3) is 0.348. The molecule has 5 rings (SSSR count). The van der Waals surface area contributed by atoms with Gasteiger partial charge >= 0.3 is 17.8 Å². The fourth-order valence-corrected chi connectivity index (χ4v) is 4.23. The lowest BCUT2D eigenvalue weighted by Gasteiger charge is -2.26. The van der Waals surface area contributed by atoms with Crippen LogP contribution in [0.1, 0.15) is 20.3 Å². The van der Waals surface area contributed by atoms with Crippen LogP contribution in [-0.2, 0) is 19.0 Å². The van der Waals surface area contributed by atoms with Crippen molar-refractivity contribution in [1.82, 2.24) is 4.57 Å². The van der Waals surface area contributed by atoms with Crippen molar-refractivity contribution < 1.29 is 28.2 Å². The molecule has 0 aliphatic carbocycles. The Hall–Kier alpha value is -3.42. The lowest BCUT2D eigenvalue weighted by molar-refractivity contribution is -0.186. The molecule has 8 heteroatoms. The average molecular weight is 424 g/mol. The molecular weight excluding hydrogens is 403 g/mol. The number of aromatic nitrogens is 1. The highest BCUT2D eigenvalue weighted by atomic mass is 19.1. The molecule has 0 bridgehead atoms. The molecule has 160 valence electrons. The average Bonchev–Trinajstić information content (AvgIpc) is 3.37. The van der Waals surface area contributed by atoms with Gasteiger partial charge in [-0.3, -0.25) is 4.79 Å². The first-order chi connectivity index (χ1) is 14.9. The highest BCUT2D eigenvalue weighted by Crippen LogP contribution is 2.38. The number of benzene rings is 2. The number of hydrogen-bond donors (Lipinski definition) is 0. The third-order valence-electron chi connectivity index (χ3n) is 5.74. The first-order valence-corrected chi connectivity index (χ1v) is 10.2. The van der Waals surface area contributed by atoms with E-state index in [1.807, 2.05) is 62.4 Å². The Kier molecular flexibility index (Phi) is 4.46. The maximum absolute atomic E-state index is 13.7. The smallest absolute Gasteiger partial charge is 0.419 e. The van der Waals surface area contributed by atoms with E-state index in [1.165, 1.54) is 4.57 Å². The molecular formula is C23H21FN2O5. The van der Waals surface area contributed by atoms with Crippen LogP contribution in [0.3, 0.4) is 0 Å². The van der Waals surface area contributed by atoms with E-state index in [1.54, 1.807) is 0 Å². The van der Waals surface area contributed by atoms with Crippen LogP contribution in [0.4, 0.5) is 9.18 Å². The zero-order chi connectivity index (χ0) is 21.8. The summed E-state index contributed by atoms with van der Waals surface area (Å²) in [5.74, 6) is -2.45. The van der Waals surface area contributed by atoms with Gasteiger partial charge in [-0.15, -0.1) is 0 Å². The lowest BCUT2D eigenvalue weighted by atomic mass is 10.1. The van der Waals surface area contributed by atoms with Crippen LogP contribution >= 0.6 is 0 Å².